The lowest BCUT2D eigenvalue weighted by molar-refractivity contribution is -0.155. The van der Waals surface area contributed by atoms with Gasteiger partial charge in [-0.05, 0) is 50.1 Å². The van der Waals surface area contributed by atoms with Gasteiger partial charge < -0.3 is 14.8 Å². The monoisotopic (exact) mass is 341 g/mol. The summed E-state index contributed by atoms with van der Waals surface area (Å²) in [5.74, 6) is -0.387. The van der Waals surface area contributed by atoms with Gasteiger partial charge in [0, 0.05) is 5.69 Å². The molecule has 25 heavy (non-hydrogen) atoms. The zero-order valence-electron chi connectivity index (χ0n) is 14.7. The third-order valence-corrected chi connectivity index (χ3v) is 3.68. The lowest BCUT2D eigenvalue weighted by Crippen LogP contribution is -2.31. The van der Waals surface area contributed by atoms with E-state index in [4.69, 9.17) is 9.47 Å². The number of aryl methyl sites for hydroxylation is 2. The number of amides is 1. The molecule has 0 aliphatic heterocycles. The molecule has 0 aliphatic carbocycles. The lowest BCUT2D eigenvalue weighted by Gasteiger charge is -2.14. The van der Waals surface area contributed by atoms with Crippen LogP contribution in [0, 0.1) is 6.92 Å². The van der Waals surface area contributed by atoms with Crippen molar-refractivity contribution in [1.82, 2.24) is 0 Å². The van der Waals surface area contributed by atoms with E-state index < -0.39 is 12.1 Å². The average molecular weight is 341 g/mol. The van der Waals surface area contributed by atoms with Crippen molar-refractivity contribution in [3.8, 4) is 5.75 Å². The second-order valence-electron chi connectivity index (χ2n) is 5.77. The Labute approximate surface area is 148 Å². The summed E-state index contributed by atoms with van der Waals surface area (Å²) in [7, 11) is 0. The van der Waals surface area contributed by atoms with Crippen molar-refractivity contribution in [3.63, 3.8) is 0 Å². The number of hydrogen-bond donors (Lipinski definition) is 1. The first-order valence-corrected chi connectivity index (χ1v) is 8.26. The molecule has 5 heteroatoms. The number of anilines is 1. The number of benzene rings is 2. The largest absolute Gasteiger partial charge is 0.482 e. The van der Waals surface area contributed by atoms with E-state index in [1.54, 1.807) is 24.3 Å². The zero-order chi connectivity index (χ0) is 18.2. The van der Waals surface area contributed by atoms with Gasteiger partial charge in [-0.3, -0.25) is 4.79 Å². The molecule has 0 bridgehead atoms. The Morgan fingerprint density at radius 2 is 1.68 bits per heavy atom. The van der Waals surface area contributed by atoms with E-state index in [0.717, 1.165) is 12.0 Å². The summed E-state index contributed by atoms with van der Waals surface area (Å²) in [4.78, 5) is 23.9. The topological polar surface area (TPSA) is 64.6 Å². The molecule has 0 unspecified atom stereocenters. The van der Waals surface area contributed by atoms with Crippen LogP contribution in [0.15, 0.2) is 48.5 Å². The molecule has 2 rings (SSSR count). The number of rotatable bonds is 7. The third-order valence-electron chi connectivity index (χ3n) is 3.68. The second kappa shape index (κ2) is 8.87. The number of hydrogen-bond acceptors (Lipinski definition) is 4. The van der Waals surface area contributed by atoms with Crippen LogP contribution in [0.1, 0.15) is 25.0 Å². The maximum Gasteiger partial charge on any atom is 0.344 e. The molecule has 0 fully saturated rings. The fraction of sp³-hybridized carbons (Fsp3) is 0.300. The second-order valence-corrected chi connectivity index (χ2v) is 5.77. The zero-order valence-corrected chi connectivity index (χ0v) is 14.7. The molecule has 1 N–H and O–H groups in total. The SMILES string of the molecule is CCc1ccc(OCC(=O)O[C@@H](C)C(=O)Nc2ccc(C)cc2)cc1. The van der Waals surface area contributed by atoms with Crippen LogP contribution in [0.2, 0.25) is 0 Å². The summed E-state index contributed by atoms with van der Waals surface area (Å²) in [6.45, 7) is 5.31. The maximum atomic E-state index is 12.0. The summed E-state index contributed by atoms with van der Waals surface area (Å²) < 4.78 is 10.5. The first kappa shape index (κ1) is 18.5. The molecule has 5 nitrogen and oxygen atoms in total. The Balaban J connectivity index is 1.78. The molecule has 0 radical (unpaired) electrons. The fourth-order valence-corrected chi connectivity index (χ4v) is 2.13. The van der Waals surface area contributed by atoms with Gasteiger partial charge in [0.05, 0.1) is 0 Å². The maximum absolute atomic E-state index is 12.0. The highest BCUT2D eigenvalue weighted by molar-refractivity contribution is 5.95. The first-order valence-electron chi connectivity index (χ1n) is 8.26. The molecule has 2 aromatic carbocycles. The summed E-state index contributed by atoms with van der Waals surface area (Å²) in [6, 6.07) is 14.9. The number of nitrogens with one attached hydrogen (secondary N) is 1. The van der Waals surface area contributed by atoms with E-state index in [1.807, 2.05) is 31.2 Å². The van der Waals surface area contributed by atoms with Crippen LogP contribution in [0.3, 0.4) is 0 Å². The number of ether oxygens (including phenoxy) is 2. The Kier molecular flexibility index (Phi) is 6.57. The van der Waals surface area contributed by atoms with E-state index in [2.05, 4.69) is 12.2 Å². The highest BCUT2D eigenvalue weighted by atomic mass is 16.6. The molecule has 0 saturated heterocycles. The summed E-state index contributed by atoms with van der Waals surface area (Å²) >= 11 is 0. The van der Waals surface area contributed by atoms with Crippen LogP contribution in [-0.2, 0) is 20.7 Å². The molecule has 0 spiro atoms. The molecule has 2 aromatic rings. The van der Waals surface area contributed by atoms with E-state index in [0.29, 0.717) is 11.4 Å². The van der Waals surface area contributed by atoms with Crippen LogP contribution in [0.4, 0.5) is 5.69 Å². The van der Waals surface area contributed by atoms with E-state index in [-0.39, 0.29) is 12.5 Å². The van der Waals surface area contributed by atoms with Crippen molar-refractivity contribution < 1.29 is 19.1 Å². The van der Waals surface area contributed by atoms with Gasteiger partial charge >= 0.3 is 5.97 Å². The Morgan fingerprint density at radius 3 is 2.28 bits per heavy atom. The van der Waals surface area contributed by atoms with Crippen molar-refractivity contribution in [2.75, 3.05) is 11.9 Å². The third kappa shape index (κ3) is 5.95. The fourth-order valence-electron chi connectivity index (χ4n) is 2.13. The normalized spacial score (nSPS) is 11.5. The van der Waals surface area contributed by atoms with Crippen molar-refractivity contribution in [2.24, 2.45) is 0 Å². The summed E-state index contributed by atoms with van der Waals surface area (Å²) in [5.41, 5.74) is 2.95. The highest BCUT2D eigenvalue weighted by Gasteiger charge is 2.18. The predicted octanol–water partition coefficient (Wildman–Crippen LogP) is 3.51. The van der Waals surface area contributed by atoms with Gasteiger partial charge in [-0.25, -0.2) is 4.79 Å². The molecule has 1 atom stereocenters. The van der Waals surface area contributed by atoms with Gasteiger partial charge in [0.2, 0.25) is 0 Å². The van der Waals surface area contributed by atoms with Crippen molar-refractivity contribution in [3.05, 3.63) is 59.7 Å². The first-order chi connectivity index (χ1) is 12.0. The van der Waals surface area contributed by atoms with Gasteiger partial charge in [0.15, 0.2) is 12.7 Å². The number of esters is 1. The van der Waals surface area contributed by atoms with Gasteiger partial charge in [-0.15, -0.1) is 0 Å². The molecular formula is C20H23NO4. The lowest BCUT2D eigenvalue weighted by atomic mass is 10.2. The minimum Gasteiger partial charge on any atom is -0.482 e. The molecular weight excluding hydrogens is 318 g/mol. The van der Waals surface area contributed by atoms with Crippen molar-refractivity contribution >= 4 is 17.6 Å². The Morgan fingerprint density at radius 1 is 1.04 bits per heavy atom. The molecule has 0 aliphatic rings. The predicted molar refractivity (Wildman–Crippen MR) is 96.7 cm³/mol. The van der Waals surface area contributed by atoms with Gasteiger partial charge in [-0.2, -0.15) is 0 Å². The van der Waals surface area contributed by atoms with Gasteiger partial charge in [0.25, 0.3) is 5.91 Å². The molecule has 1 amide bonds. The summed E-state index contributed by atoms with van der Waals surface area (Å²) in [6.07, 6.45) is 0.0375. The van der Waals surface area contributed by atoms with E-state index >= 15 is 0 Å². The number of carbonyl (C=O) groups is 2. The Hall–Kier alpha value is -2.82. The van der Waals surface area contributed by atoms with Crippen molar-refractivity contribution in [2.45, 2.75) is 33.3 Å². The van der Waals surface area contributed by atoms with Gasteiger partial charge in [0.1, 0.15) is 5.75 Å². The molecule has 0 heterocycles. The van der Waals surface area contributed by atoms with Crippen LogP contribution in [0.25, 0.3) is 0 Å². The van der Waals surface area contributed by atoms with Crippen LogP contribution >= 0.6 is 0 Å². The average Bonchev–Trinajstić information content (AvgIpc) is 2.62. The van der Waals surface area contributed by atoms with Crippen molar-refractivity contribution in [1.29, 1.82) is 0 Å². The minimum absolute atomic E-state index is 0.242. The van der Waals surface area contributed by atoms with Gasteiger partial charge in [-0.1, -0.05) is 36.8 Å². The quantitative estimate of drug-likeness (QED) is 0.783. The number of carbonyl (C=O) groups excluding carboxylic acids is 2. The highest BCUT2D eigenvalue weighted by Crippen LogP contribution is 2.13. The molecule has 0 aromatic heterocycles. The van der Waals surface area contributed by atoms with Crippen LogP contribution in [-0.4, -0.2) is 24.6 Å². The van der Waals surface area contributed by atoms with Crippen LogP contribution < -0.4 is 10.1 Å². The van der Waals surface area contributed by atoms with E-state index in [1.165, 1.54) is 12.5 Å². The minimum atomic E-state index is -0.903. The molecule has 132 valence electrons. The Bertz CT molecular complexity index is 707. The standard InChI is InChI=1S/C20H23NO4/c1-4-16-7-11-18(12-8-16)24-13-19(22)25-15(3)20(23)21-17-9-5-14(2)6-10-17/h5-12,15H,4,13H2,1-3H3,(H,21,23)/t15-/m0/s1. The molecule has 0 saturated carbocycles. The van der Waals surface area contributed by atoms with E-state index in [9.17, 15) is 9.59 Å². The van der Waals surface area contributed by atoms with Crippen LogP contribution in [0.5, 0.6) is 5.75 Å². The smallest absolute Gasteiger partial charge is 0.344 e. The summed E-state index contributed by atoms with van der Waals surface area (Å²) in [5, 5.41) is 2.70.